The zero-order valence-electron chi connectivity index (χ0n) is 15.5. The summed E-state index contributed by atoms with van der Waals surface area (Å²) in [6, 6.07) is 21.5. The molecule has 0 saturated carbocycles. The van der Waals surface area contributed by atoms with Gasteiger partial charge in [-0.2, -0.15) is 0 Å². The number of anilines is 3. The van der Waals surface area contributed by atoms with Gasteiger partial charge in [0.05, 0.1) is 0 Å². The summed E-state index contributed by atoms with van der Waals surface area (Å²) in [6.07, 6.45) is 1.84. The number of benzene rings is 2. The number of fused-ring (bicyclic) bond motifs is 3. The van der Waals surface area contributed by atoms with Gasteiger partial charge in [0.15, 0.2) is 0 Å². The molecule has 0 radical (unpaired) electrons. The summed E-state index contributed by atoms with van der Waals surface area (Å²) < 4.78 is 5.17. The van der Waals surface area contributed by atoms with E-state index in [2.05, 4.69) is 65.6 Å². The number of carbonyl (C=O) groups is 2. The molecular weight excluding hydrogens is 573 g/mol. The zero-order chi connectivity index (χ0) is 20.2. The van der Waals surface area contributed by atoms with E-state index in [0.29, 0.717) is 31.7 Å². The molecule has 0 unspecified atom stereocenters. The third-order valence-electron chi connectivity index (χ3n) is 5.19. The van der Waals surface area contributed by atoms with Gasteiger partial charge in [0.2, 0.25) is 0 Å². The van der Waals surface area contributed by atoms with Crippen LogP contribution in [0.4, 0.5) is 15.1 Å². The normalized spacial score (nSPS) is 14.5. The summed E-state index contributed by atoms with van der Waals surface area (Å²) >= 11 is 0.976. The van der Waals surface area contributed by atoms with Crippen molar-refractivity contribution in [2.45, 2.75) is 0 Å². The molecule has 6 heteroatoms. The molecule has 4 aromatic rings. The van der Waals surface area contributed by atoms with E-state index in [-0.39, 0.29) is 11.6 Å². The van der Waals surface area contributed by atoms with Crippen LogP contribution in [0.5, 0.6) is 0 Å². The van der Waals surface area contributed by atoms with Crippen molar-refractivity contribution >= 4 is 88.4 Å². The summed E-state index contributed by atoms with van der Waals surface area (Å²) in [5, 5.41) is 3.56. The number of nitrogens with zero attached hydrogens (tertiary/aromatic N) is 1. The first-order valence-corrected chi connectivity index (χ1v) is 14.3. The standard InChI is InChI=1S/C24H13NO2SSeTe/c26-23-15(24(27)17-13-28-12-16(17)23)11-14-9-10-22(30-14)25-18-5-1-3-7-20(18)29-21-8-4-2-6-19(21)25/h1-13H. The Hall–Kier alpha value is -2.19. The Morgan fingerprint density at radius 3 is 2.03 bits per heavy atom. The molecule has 0 spiro atoms. The number of thiophene rings is 1. The van der Waals surface area contributed by atoms with Crippen molar-refractivity contribution in [3.05, 3.63) is 91.7 Å². The fourth-order valence-corrected chi connectivity index (χ4v) is 9.62. The number of para-hydroxylation sites is 2. The Labute approximate surface area is 193 Å². The molecule has 3 nitrogen and oxygen atoms in total. The Bertz CT molecular complexity index is 1310. The molecular formula is C24H13NO2SSeTe. The molecule has 0 bridgehead atoms. The molecule has 3 heterocycles. The van der Waals surface area contributed by atoms with Crippen molar-refractivity contribution in [3.8, 4) is 0 Å². The van der Waals surface area contributed by atoms with Gasteiger partial charge in [-0.25, -0.2) is 0 Å². The first-order valence-electron chi connectivity index (χ1n) is 9.34. The van der Waals surface area contributed by atoms with Gasteiger partial charge in [0.1, 0.15) is 0 Å². The van der Waals surface area contributed by atoms with E-state index in [1.165, 1.54) is 35.3 Å². The molecule has 1 aliphatic heterocycles. The molecule has 2 aromatic heterocycles. The van der Waals surface area contributed by atoms with Gasteiger partial charge in [-0.1, -0.05) is 0 Å². The number of carbonyl (C=O) groups excluding carboxylic acids is 2. The average Bonchev–Trinajstić information content (AvgIpc) is 3.48. The summed E-state index contributed by atoms with van der Waals surface area (Å²) in [7, 11) is 0. The number of allylic oxidation sites excluding steroid dienone is 1. The molecule has 30 heavy (non-hydrogen) atoms. The molecule has 2 aliphatic rings. The Morgan fingerprint density at radius 1 is 0.800 bits per heavy atom. The Kier molecular flexibility index (Phi) is 4.46. The fourth-order valence-electron chi connectivity index (χ4n) is 3.80. The van der Waals surface area contributed by atoms with Crippen LogP contribution in [-0.4, -0.2) is 47.0 Å². The number of rotatable bonds is 2. The second-order valence-electron chi connectivity index (χ2n) is 6.96. The van der Waals surface area contributed by atoms with Gasteiger partial charge in [-0.15, -0.1) is 0 Å². The van der Waals surface area contributed by atoms with Crippen molar-refractivity contribution in [3.63, 3.8) is 0 Å². The van der Waals surface area contributed by atoms with Gasteiger partial charge >= 0.3 is 195 Å². The predicted molar refractivity (Wildman–Crippen MR) is 124 cm³/mol. The van der Waals surface area contributed by atoms with Crippen LogP contribution in [0.25, 0.3) is 6.08 Å². The van der Waals surface area contributed by atoms with E-state index in [4.69, 9.17) is 0 Å². The fraction of sp³-hybridized carbons (Fsp3) is 0. The van der Waals surface area contributed by atoms with Crippen LogP contribution in [-0.2, 0) is 0 Å². The van der Waals surface area contributed by atoms with Gasteiger partial charge < -0.3 is 0 Å². The molecule has 0 amide bonds. The van der Waals surface area contributed by atoms with E-state index in [9.17, 15) is 9.59 Å². The number of hydrogen-bond donors (Lipinski definition) is 0. The Morgan fingerprint density at radius 2 is 1.40 bits per heavy atom. The van der Waals surface area contributed by atoms with Gasteiger partial charge in [0.25, 0.3) is 0 Å². The summed E-state index contributed by atoms with van der Waals surface area (Å²) in [5.74, 6) is -0.260. The number of hydrogen-bond acceptors (Lipinski definition) is 4. The zero-order valence-corrected chi connectivity index (χ0v) is 20.4. The van der Waals surface area contributed by atoms with Crippen molar-refractivity contribution < 1.29 is 9.59 Å². The van der Waals surface area contributed by atoms with Crippen molar-refractivity contribution in [2.75, 3.05) is 4.90 Å². The first kappa shape index (κ1) is 18.6. The quantitative estimate of drug-likeness (QED) is 0.180. The number of ketones is 2. The summed E-state index contributed by atoms with van der Waals surface area (Å²) in [6.45, 7) is 0. The van der Waals surface area contributed by atoms with Crippen LogP contribution in [0.3, 0.4) is 0 Å². The maximum absolute atomic E-state index is 12.6. The predicted octanol–water partition coefficient (Wildman–Crippen LogP) is 3.71. The van der Waals surface area contributed by atoms with Crippen LogP contribution in [0, 0.1) is 0 Å². The minimum atomic E-state index is -0.727. The molecule has 6 rings (SSSR count). The van der Waals surface area contributed by atoms with Crippen molar-refractivity contribution in [1.82, 2.24) is 0 Å². The topological polar surface area (TPSA) is 37.4 Å². The van der Waals surface area contributed by atoms with Crippen LogP contribution in [0.2, 0.25) is 0 Å². The first-order chi connectivity index (χ1) is 14.7. The summed E-state index contributed by atoms with van der Waals surface area (Å²) in [4.78, 5) is 27.7. The van der Waals surface area contributed by atoms with Crippen LogP contribution >= 0.6 is 11.3 Å². The van der Waals surface area contributed by atoms with Crippen LogP contribution < -0.4 is 13.8 Å². The van der Waals surface area contributed by atoms with Crippen molar-refractivity contribution in [2.24, 2.45) is 0 Å². The van der Waals surface area contributed by atoms with Crippen molar-refractivity contribution in [1.29, 1.82) is 0 Å². The molecule has 0 saturated heterocycles. The monoisotopic (exact) mass is 589 g/mol. The van der Waals surface area contributed by atoms with E-state index < -0.39 is 20.4 Å². The third-order valence-corrected chi connectivity index (χ3v) is 11.2. The number of Topliss-reactive ketones (excluding diaryl/α,β-unsaturated/α-hetero) is 2. The Balaban J connectivity index is 1.43. The third kappa shape index (κ3) is 2.84. The molecule has 2 aromatic carbocycles. The molecule has 1 aliphatic carbocycles. The second kappa shape index (κ2) is 7.20. The molecule has 0 fully saturated rings. The van der Waals surface area contributed by atoms with E-state index >= 15 is 0 Å². The molecule has 144 valence electrons. The van der Waals surface area contributed by atoms with E-state index in [1.54, 1.807) is 10.8 Å². The maximum atomic E-state index is 12.6. The van der Waals surface area contributed by atoms with Gasteiger partial charge in [-0.05, 0) is 0 Å². The van der Waals surface area contributed by atoms with Crippen LogP contribution in [0.1, 0.15) is 24.3 Å². The second-order valence-corrected chi connectivity index (χ2v) is 13.1. The molecule has 0 atom stereocenters. The van der Waals surface area contributed by atoms with E-state index in [0.717, 1.165) is 3.58 Å². The summed E-state index contributed by atoms with van der Waals surface area (Å²) in [5.41, 5.74) is 3.95. The average molecular weight is 586 g/mol. The molecule has 0 N–H and O–H groups in total. The van der Waals surface area contributed by atoms with Gasteiger partial charge in [0, 0.05) is 0 Å². The minimum absolute atomic E-state index is 0.130. The SMILES string of the molecule is O=C1C(=Cc2ccc(N3c4ccccc4[Se]c4ccccc43)[te]2)C(=O)c2cscc21. The van der Waals surface area contributed by atoms with E-state index in [1.807, 2.05) is 6.08 Å². The van der Waals surface area contributed by atoms with Gasteiger partial charge in [-0.3, -0.25) is 0 Å². The van der Waals surface area contributed by atoms with Crippen LogP contribution in [0.15, 0.2) is 77.0 Å².